The average molecular weight is 581 g/mol. The maximum absolute atomic E-state index is 13.6. The van der Waals surface area contributed by atoms with E-state index in [1.54, 1.807) is 45.0 Å². The molecule has 1 aliphatic heterocycles. The molecule has 4 atom stereocenters. The van der Waals surface area contributed by atoms with Crippen LogP contribution in [0.3, 0.4) is 0 Å². The number of halogens is 1. The van der Waals surface area contributed by atoms with Gasteiger partial charge in [0.15, 0.2) is 11.7 Å². The summed E-state index contributed by atoms with van der Waals surface area (Å²) in [6.45, 7) is 5.70. The van der Waals surface area contributed by atoms with Crippen LogP contribution < -0.4 is 16.8 Å². The second kappa shape index (κ2) is 14.2. The maximum Gasteiger partial charge on any atom is 0.251 e. The van der Waals surface area contributed by atoms with Gasteiger partial charge in [-0.25, -0.2) is 0 Å². The van der Waals surface area contributed by atoms with Gasteiger partial charge in [-0.05, 0) is 43.0 Å². The van der Waals surface area contributed by atoms with Gasteiger partial charge in [0.25, 0.3) is 5.91 Å². The minimum absolute atomic E-state index is 0.0104. The Hall–Kier alpha value is -2.79. The third-order valence-corrected chi connectivity index (χ3v) is 7.04. The Balaban J connectivity index is 2.15. The molecule has 0 saturated carbocycles. The highest BCUT2D eigenvalue weighted by Gasteiger charge is 2.42. The zero-order valence-electron chi connectivity index (χ0n) is 21.7. The Morgan fingerprint density at radius 2 is 1.84 bits per heavy atom. The normalized spacial score (nSPS) is 18.8. The number of nitrogens with zero attached hydrogens (tertiary/aromatic N) is 2. The van der Waals surface area contributed by atoms with Crippen LogP contribution in [-0.4, -0.2) is 70.6 Å². The van der Waals surface area contributed by atoms with Gasteiger partial charge >= 0.3 is 0 Å². The number of rotatable bonds is 13. The third kappa shape index (κ3) is 8.92. The van der Waals surface area contributed by atoms with Crippen LogP contribution in [-0.2, 0) is 14.4 Å². The first-order valence-electron chi connectivity index (χ1n) is 12.6. The zero-order chi connectivity index (χ0) is 27.7. The number of β-amino-alcohol motifs (C(OH)–C–C–N with tert-alkyl or cyclic N) is 1. The molecule has 1 saturated heterocycles. The molecule has 6 N–H and O–H groups in total. The Labute approximate surface area is 226 Å². The number of aliphatic imine (C=N–C) groups is 1. The summed E-state index contributed by atoms with van der Waals surface area (Å²) in [5, 5.41) is 13.1. The Morgan fingerprint density at radius 1 is 1.19 bits per heavy atom. The molecular weight excluding hydrogens is 542 g/mol. The summed E-state index contributed by atoms with van der Waals surface area (Å²) in [5.74, 6) is -1.96. The van der Waals surface area contributed by atoms with E-state index in [9.17, 15) is 24.3 Å². The molecule has 0 bridgehead atoms. The summed E-state index contributed by atoms with van der Waals surface area (Å²) < 4.78 is 0.823. The van der Waals surface area contributed by atoms with Gasteiger partial charge in [-0.15, -0.1) is 0 Å². The molecule has 204 valence electrons. The van der Waals surface area contributed by atoms with Gasteiger partial charge in [-0.3, -0.25) is 24.2 Å². The fourth-order valence-electron chi connectivity index (χ4n) is 4.47. The Bertz CT molecular complexity index is 994. The van der Waals surface area contributed by atoms with Crippen molar-refractivity contribution in [2.24, 2.45) is 28.3 Å². The molecule has 0 radical (unpaired) electrons. The van der Waals surface area contributed by atoms with Crippen molar-refractivity contribution in [2.75, 3.05) is 13.1 Å². The number of ketones is 2. The highest BCUT2D eigenvalue weighted by atomic mass is 79.9. The molecule has 11 heteroatoms. The molecule has 37 heavy (non-hydrogen) atoms. The molecule has 0 aliphatic carbocycles. The van der Waals surface area contributed by atoms with Gasteiger partial charge in [-0.1, -0.05) is 36.7 Å². The van der Waals surface area contributed by atoms with Crippen LogP contribution in [0.15, 0.2) is 33.7 Å². The Morgan fingerprint density at radius 3 is 2.41 bits per heavy atom. The number of carbonyl (C=O) groups excluding carboxylic acids is 4. The quantitative estimate of drug-likeness (QED) is 0.157. The minimum atomic E-state index is -0.885. The van der Waals surface area contributed by atoms with E-state index >= 15 is 0 Å². The van der Waals surface area contributed by atoms with Gasteiger partial charge < -0.3 is 26.8 Å². The van der Waals surface area contributed by atoms with Gasteiger partial charge in [0.1, 0.15) is 11.8 Å². The number of nitrogens with one attached hydrogen (secondary N) is 1. The first-order chi connectivity index (χ1) is 17.4. The lowest BCUT2D eigenvalue weighted by Gasteiger charge is -2.31. The van der Waals surface area contributed by atoms with Gasteiger partial charge in [-0.2, -0.15) is 0 Å². The van der Waals surface area contributed by atoms with Gasteiger partial charge in [0.2, 0.25) is 5.91 Å². The largest absolute Gasteiger partial charge is 0.391 e. The molecule has 1 aromatic rings. The van der Waals surface area contributed by atoms with Crippen LogP contribution in [0.25, 0.3) is 0 Å². The smallest absolute Gasteiger partial charge is 0.251 e. The number of nitrogens with two attached hydrogens (primary N) is 2. The number of carbonyl (C=O) groups is 4. The monoisotopic (exact) mass is 579 g/mol. The molecule has 0 spiro atoms. The van der Waals surface area contributed by atoms with E-state index in [1.165, 1.54) is 4.90 Å². The molecule has 1 aliphatic rings. The number of aliphatic hydroxyl groups is 1. The summed E-state index contributed by atoms with van der Waals surface area (Å²) in [6.07, 6.45) is 0.457. The van der Waals surface area contributed by atoms with Crippen LogP contribution in [0.2, 0.25) is 0 Å². The highest BCUT2D eigenvalue weighted by Crippen LogP contribution is 2.26. The van der Waals surface area contributed by atoms with Crippen LogP contribution in [0.5, 0.6) is 0 Å². The maximum atomic E-state index is 13.6. The summed E-state index contributed by atoms with van der Waals surface area (Å²) >= 11 is 3.33. The molecule has 0 unspecified atom stereocenters. The Kier molecular flexibility index (Phi) is 11.7. The molecule has 2 amide bonds. The van der Waals surface area contributed by atoms with E-state index in [-0.39, 0.29) is 49.3 Å². The second-order valence-electron chi connectivity index (χ2n) is 9.73. The molecule has 2 rings (SSSR count). The third-order valence-electron chi connectivity index (χ3n) is 6.52. The lowest BCUT2D eigenvalue weighted by molar-refractivity contribution is -0.140. The van der Waals surface area contributed by atoms with Crippen molar-refractivity contribution in [3.8, 4) is 0 Å². The van der Waals surface area contributed by atoms with Crippen LogP contribution in [0, 0.1) is 11.8 Å². The first-order valence-corrected chi connectivity index (χ1v) is 13.4. The first kappa shape index (κ1) is 30.4. The van der Waals surface area contributed by atoms with E-state index < -0.39 is 35.9 Å². The van der Waals surface area contributed by atoms with Crippen molar-refractivity contribution >= 4 is 45.3 Å². The van der Waals surface area contributed by atoms with Gasteiger partial charge in [0, 0.05) is 48.3 Å². The predicted molar refractivity (Wildman–Crippen MR) is 145 cm³/mol. The van der Waals surface area contributed by atoms with E-state index in [0.29, 0.717) is 24.9 Å². The number of amides is 2. The predicted octanol–water partition coefficient (Wildman–Crippen LogP) is 1.77. The van der Waals surface area contributed by atoms with Crippen LogP contribution in [0.1, 0.15) is 63.2 Å². The minimum Gasteiger partial charge on any atom is -0.391 e. The lowest BCUT2D eigenvalue weighted by Crippen LogP contribution is -2.54. The highest BCUT2D eigenvalue weighted by molar-refractivity contribution is 9.10. The van der Waals surface area contributed by atoms with Crippen molar-refractivity contribution in [1.82, 2.24) is 10.2 Å². The summed E-state index contributed by atoms with van der Waals surface area (Å²) in [6, 6.07) is 5.01. The van der Waals surface area contributed by atoms with E-state index in [0.717, 1.165) is 4.47 Å². The summed E-state index contributed by atoms with van der Waals surface area (Å²) in [4.78, 5) is 57.5. The number of Topliss-reactive ketones (excluding diaryl/α,β-unsaturated/α-hetero) is 2. The number of hydrogen-bond donors (Lipinski definition) is 4. The van der Waals surface area contributed by atoms with E-state index in [2.05, 4.69) is 26.2 Å². The number of benzene rings is 1. The van der Waals surface area contributed by atoms with Crippen molar-refractivity contribution in [2.45, 2.75) is 71.1 Å². The number of hydrogen-bond acceptors (Lipinski definition) is 6. The van der Waals surface area contributed by atoms with Crippen molar-refractivity contribution in [3.05, 3.63) is 34.3 Å². The molecule has 0 aromatic heterocycles. The fraction of sp³-hybridized carbons (Fsp3) is 0.577. The van der Waals surface area contributed by atoms with Crippen LogP contribution in [0.4, 0.5) is 0 Å². The SMILES string of the molecule is CCC(=O)[C@H](CCCN=C(N)N)CC(=O)[C@@H]1C[C@@H](O)CN1C(=O)[C@@H](NC(=O)c1ccc(Br)cc1)C(C)C. The second-order valence-corrected chi connectivity index (χ2v) is 10.6. The molecular formula is C26H38BrN5O5. The average Bonchev–Trinajstić information content (AvgIpc) is 3.25. The van der Waals surface area contributed by atoms with E-state index in [1.807, 2.05) is 0 Å². The molecule has 10 nitrogen and oxygen atoms in total. The van der Waals surface area contributed by atoms with Gasteiger partial charge in [0.05, 0.1) is 12.1 Å². The van der Waals surface area contributed by atoms with E-state index in [4.69, 9.17) is 11.5 Å². The number of aliphatic hydroxyl groups excluding tert-OH is 1. The molecule has 1 fully saturated rings. The lowest BCUT2D eigenvalue weighted by atomic mass is 9.88. The van der Waals surface area contributed by atoms with Crippen molar-refractivity contribution in [3.63, 3.8) is 0 Å². The molecule has 1 heterocycles. The zero-order valence-corrected chi connectivity index (χ0v) is 23.2. The van der Waals surface area contributed by atoms with Crippen LogP contribution >= 0.6 is 15.9 Å². The standard InChI is InChI=1S/C26H38BrN5O5/c1-4-21(34)17(6-5-11-30-26(28)29)12-22(35)20-13-19(33)14-32(20)25(37)23(15(2)3)31-24(36)16-7-9-18(27)10-8-16/h7-10,15,17,19-20,23,33H,4-6,11-14H2,1-3H3,(H,31,36)(H4,28,29,30)/t17-,19-,20+,23+/m1/s1. The topological polar surface area (TPSA) is 168 Å². The molecule has 1 aromatic carbocycles. The van der Waals surface area contributed by atoms with Crippen molar-refractivity contribution in [1.29, 1.82) is 0 Å². The number of guanidine groups is 1. The number of likely N-dealkylation sites (tertiary alicyclic amines) is 1. The summed E-state index contributed by atoms with van der Waals surface area (Å²) in [7, 11) is 0. The fourth-order valence-corrected chi connectivity index (χ4v) is 4.74. The summed E-state index contributed by atoms with van der Waals surface area (Å²) in [5.41, 5.74) is 11.1. The van der Waals surface area contributed by atoms with Crippen molar-refractivity contribution < 1.29 is 24.3 Å².